The number of hydrogen-bond donors (Lipinski definition) is 0. The van der Waals surface area contributed by atoms with E-state index in [0.717, 1.165) is 32.9 Å². The van der Waals surface area contributed by atoms with Crippen LogP contribution in [0.1, 0.15) is 18.1 Å². The van der Waals surface area contributed by atoms with Crippen LogP contribution < -0.4 is 9.70 Å². The average Bonchev–Trinajstić information content (AvgIpc) is 3.08. The summed E-state index contributed by atoms with van der Waals surface area (Å²) in [6.45, 7) is 8.62. The molecule has 3 aromatic rings. The third-order valence-corrected chi connectivity index (χ3v) is 5.10. The molecule has 0 saturated carbocycles. The first-order valence-electron chi connectivity index (χ1n) is 9.18. The number of anilines is 1. The Morgan fingerprint density at radius 1 is 1.11 bits per heavy atom. The predicted molar refractivity (Wildman–Crippen MR) is 121 cm³/mol. The van der Waals surface area contributed by atoms with E-state index in [-0.39, 0.29) is 0 Å². The molecular weight excluding hydrogens is 364 g/mol. The molecule has 0 N–H and O–H groups in total. The van der Waals surface area contributed by atoms with Crippen LogP contribution in [0.5, 0.6) is 0 Å². The van der Waals surface area contributed by atoms with Gasteiger partial charge < -0.3 is 4.90 Å². The summed E-state index contributed by atoms with van der Waals surface area (Å²) in [5, 5.41) is 6.86. The zero-order valence-corrected chi connectivity index (χ0v) is 17.7. The molecule has 0 fully saturated rings. The Kier molecular flexibility index (Phi) is 6.26. The van der Waals surface area contributed by atoms with Crippen molar-refractivity contribution in [3.8, 4) is 11.3 Å². The lowest BCUT2D eigenvalue weighted by Gasteiger charge is -2.11. The van der Waals surface area contributed by atoms with E-state index in [1.165, 1.54) is 5.56 Å². The van der Waals surface area contributed by atoms with Crippen molar-refractivity contribution in [3.05, 3.63) is 82.0 Å². The van der Waals surface area contributed by atoms with E-state index in [0.29, 0.717) is 6.54 Å². The first-order chi connectivity index (χ1) is 13.4. The van der Waals surface area contributed by atoms with Crippen molar-refractivity contribution in [2.24, 2.45) is 10.1 Å². The molecular formula is C23H26N4S. The molecule has 0 aliphatic rings. The predicted octanol–water partition coefficient (Wildman–Crippen LogP) is 4.95. The van der Waals surface area contributed by atoms with E-state index in [1.807, 2.05) is 31.9 Å². The van der Waals surface area contributed by atoms with Gasteiger partial charge in [-0.25, -0.2) is 4.68 Å². The van der Waals surface area contributed by atoms with E-state index in [2.05, 4.69) is 77.3 Å². The van der Waals surface area contributed by atoms with E-state index in [1.54, 1.807) is 11.3 Å². The minimum absolute atomic E-state index is 0.598. The molecule has 0 radical (unpaired) electrons. The fourth-order valence-corrected chi connectivity index (χ4v) is 3.46. The van der Waals surface area contributed by atoms with E-state index in [9.17, 15) is 0 Å². The first kappa shape index (κ1) is 19.8. The van der Waals surface area contributed by atoms with Crippen molar-refractivity contribution in [2.75, 3.05) is 25.5 Å². The molecule has 28 heavy (non-hydrogen) atoms. The number of rotatable bonds is 6. The number of aryl methyl sites for hydroxylation is 1. The van der Waals surface area contributed by atoms with Gasteiger partial charge in [0.1, 0.15) is 0 Å². The monoisotopic (exact) mass is 390 g/mol. The van der Waals surface area contributed by atoms with Gasteiger partial charge in [0.25, 0.3) is 0 Å². The summed E-state index contributed by atoms with van der Waals surface area (Å²) >= 11 is 1.59. The van der Waals surface area contributed by atoms with E-state index >= 15 is 0 Å². The molecule has 0 bridgehead atoms. The zero-order chi connectivity index (χ0) is 20.1. The molecule has 0 aliphatic carbocycles. The van der Waals surface area contributed by atoms with Crippen molar-refractivity contribution >= 4 is 23.2 Å². The van der Waals surface area contributed by atoms with Gasteiger partial charge >= 0.3 is 0 Å². The van der Waals surface area contributed by atoms with Crippen LogP contribution in [0.15, 0.2) is 76.2 Å². The van der Waals surface area contributed by atoms with Crippen molar-refractivity contribution in [2.45, 2.75) is 13.8 Å². The number of aromatic nitrogens is 1. The lowest BCUT2D eigenvalue weighted by molar-refractivity contribution is 0.836. The molecule has 0 amide bonds. The van der Waals surface area contributed by atoms with Crippen LogP contribution in [-0.2, 0) is 0 Å². The fourth-order valence-electron chi connectivity index (χ4n) is 2.63. The largest absolute Gasteiger partial charge is 0.378 e. The normalized spacial score (nSPS) is 11.9. The highest BCUT2D eigenvalue weighted by Crippen LogP contribution is 2.21. The fraction of sp³-hybridized carbons (Fsp3) is 0.217. The smallest absolute Gasteiger partial charge is 0.206 e. The topological polar surface area (TPSA) is 32.9 Å². The number of hydrogen-bond acceptors (Lipinski definition) is 4. The summed E-state index contributed by atoms with van der Waals surface area (Å²) in [6, 6.07) is 16.8. The molecule has 0 atom stereocenters. The summed E-state index contributed by atoms with van der Waals surface area (Å²) in [4.78, 5) is 7.62. The Morgan fingerprint density at radius 2 is 1.79 bits per heavy atom. The second-order valence-corrected chi connectivity index (χ2v) is 7.92. The van der Waals surface area contributed by atoms with Gasteiger partial charge in [0.2, 0.25) is 4.80 Å². The molecule has 3 rings (SSSR count). The van der Waals surface area contributed by atoms with Crippen molar-refractivity contribution in [1.29, 1.82) is 0 Å². The quantitative estimate of drug-likeness (QED) is 0.433. The lowest BCUT2D eigenvalue weighted by Crippen LogP contribution is -2.13. The van der Waals surface area contributed by atoms with Gasteiger partial charge in [0.15, 0.2) is 0 Å². The van der Waals surface area contributed by atoms with Crippen LogP contribution >= 0.6 is 11.3 Å². The third kappa shape index (κ3) is 4.87. The maximum atomic E-state index is 4.75. The first-order valence-corrected chi connectivity index (χ1v) is 10.1. The molecule has 0 saturated heterocycles. The van der Waals surface area contributed by atoms with E-state index < -0.39 is 0 Å². The summed E-state index contributed by atoms with van der Waals surface area (Å²) < 4.78 is 1.91. The highest BCUT2D eigenvalue weighted by atomic mass is 32.1. The Hall–Kier alpha value is -2.92. The molecule has 5 heteroatoms. The molecule has 1 heterocycles. The van der Waals surface area contributed by atoms with E-state index in [4.69, 9.17) is 5.10 Å². The van der Waals surface area contributed by atoms with Crippen LogP contribution in [0, 0.1) is 6.92 Å². The van der Waals surface area contributed by atoms with Crippen LogP contribution in [0.25, 0.3) is 11.3 Å². The highest BCUT2D eigenvalue weighted by Gasteiger charge is 2.07. The van der Waals surface area contributed by atoms with Crippen molar-refractivity contribution in [1.82, 2.24) is 4.68 Å². The van der Waals surface area contributed by atoms with Gasteiger partial charge in [-0.05, 0) is 31.5 Å². The van der Waals surface area contributed by atoms with Crippen LogP contribution in [0.4, 0.5) is 5.69 Å². The summed E-state index contributed by atoms with van der Waals surface area (Å²) in [6.07, 6.45) is 1.88. The molecule has 144 valence electrons. The minimum Gasteiger partial charge on any atom is -0.378 e. The number of nitrogens with zero attached hydrogens (tertiary/aromatic N) is 4. The Morgan fingerprint density at radius 3 is 2.39 bits per heavy atom. The Bertz CT molecular complexity index is 1040. The SMILES string of the molecule is C=C(C)CN=c1scc(-c2ccc(C)cc2)n1N=Cc1ccc(N(C)C)cc1. The maximum absolute atomic E-state index is 4.75. The number of thiazole rings is 1. The average molecular weight is 391 g/mol. The van der Waals surface area contributed by atoms with Crippen LogP contribution in [0.3, 0.4) is 0 Å². The number of benzene rings is 2. The minimum atomic E-state index is 0.598. The van der Waals surface area contributed by atoms with Crippen LogP contribution in [-0.4, -0.2) is 31.5 Å². The Balaban J connectivity index is 2.00. The second kappa shape index (κ2) is 8.85. The van der Waals surface area contributed by atoms with Gasteiger partial charge in [-0.15, -0.1) is 11.3 Å². The van der Waals surface area contributed by atoms with Crippen molar-refractivity contribution < 1.29 is 0 Å². The van der Waals surface area contributed by atoms with Crippen LogP contribution in [0.2, 0.25) is 0 Å². The lowest BCUT2D eigenvalue weighted by atomic mass is 10.1. The summed E-state index contributed by atoms with van der Waals surface area (Å²) in [5.41, 5.74) is 6.63. The molecule has 0 spiro atoms. The van der Waals surface area contributed by atoms with Gasteiger partial charge in [-0.3, -0.25) is 4.99 Å². The zero-order valence-electron chi connectivity index (χ0n) is 16.9. The van der Waals surface area contributed by atoms with Gasteiger partial charge in [0.05, 0.1) is 18.5 Å². The third-order valence-electron chi connectivity index (χ3n) is 4.25. The molecule has 2 aromatic carbocycles. The van der Waals surface area contributed by atoms with Gasteiger partial charge in [-0.2, -0.15) is 5.10 Å². The standard InChI is InChI=1S/C23H26N4S/c1-17(2)14-24-23-27(22(16-28-23)20-10-6-18(3)7-11-20)25-15-19-8-12-21(13-9-19)26(4)5/h6-13,15-16H,1,14H2,2-5H3. The van der Waals surface area contributed by atoms with Gasteiger partial charge in [0, 0.05) is 30.7 Å². The second-order valence-electron chi connectivity index (χ2n) is 7.09. The van der Waals surface area contributed by atoms with Crippen molar-refractivity contribution in [3.63, 3.8) is 0 Å². The maximum Gasteiger partial charge on any atom is 0.206 e. The Labute approximate surface area is 170 Å². The molecule has 4 nitrogen and oxygen atoms in total. The molecule has 0 aliphatic heterocycles. The highest BCUT2D eigenvalue weighted by molar-refractivity contribution is 7.07. The van der Waals surface area contributed by atoms with Gasteiger partial charge in [-0.1, -0.05) is 54.1 Å². The summed E-state index contributed by atoms with van der Waals surface area (Å²) in [7, 11) is 4.07. The molecule has 0 unspecified atom stereocenters. The summed E-state index contributed by atoms with van der Waals surface area (Å²) in [5.74, 6) is 0. The molecule has 1 aromatic heterocycles.